The maximum absolute atomic E-state index is 8.82. The lowest BCUT2D eigenvalue weighted by Gasteiger charge is -2.24. The highest BCUT2D eigenvalue weighted by atomic mass is 16.5. The van der Waals surface area contributed by atoms with Gasteiger partial charge in [-0.2, -0.15) is 5.26 Å². The van der Waals surface area contributed by atoms with E-state index in [-0.39, 0.29) is 6.04 Å². The second kappa shape index (κ2) is 6.82. The largest absolute Gasteiger partial charge is 0.493 e. The lowest BCUT2D eigenvalue weighted by atomic mass is 10.2. The predicted octanol–water partition coefficient (Wildman–Crippen LogP) is 1.83. The Morgan fingerprint density at radius 1 is 1.39 bits per heavy atom. The zero-order chi connectivity index (χ0) is 13.5. The minimum Gasteiger partial charge on any atom is -0.493 e. The lowest BCUT2D eigenvalue weighted by molar-refractivity contribution is 0.232. The molecule has 1 heterocycles. The Morgan fingerprint density at radius 2 is 2.11 bits per heavy atom. The first-order valence-corrected chi connectivity index (χ1v) is 5.80. The smallest absolute Gasteiger partial charge is 0.183 e. The van der Waals surface area contributed by atoms with E-state index < -0.39 is 0 Å². The fourth-order valence-electron chi connectivity index (χ4n) is 1.67. The van der Waals surface area contributed by atoms with Gasteiger partial charge < -0.3 is 9.47 Å². The highest BCUT2D eigenvalue weighted by Crippen LogP contribution is 2.29. The van der Waals surface area contributed by atoms with E-state index >= 15 is 0 Å². The number of pyridine rings is 1. The second-order valence-corrected chi connectivity index (χ2v) is 4.15. The lowest BCUT2D eigenvalue weighted by Crippen LogP contribution is -2.31. The van der Waals surface area contributed by atoms with Gasteiger partial charge in [-0.05, 0) is 13.8 Å². The Morgan fingerprint density at radius 3 is 2.61 bits per heavy atom. The van der Waals surface area contributed by atoms with Crippen molar-refractivity contribution < 1.29 is 9.47 Å². The van der Waals surface area contributed by atoms with Crippen LogP contribution in [0.1, 0.15) is 19.5 Å². The van der Waals surface area contributed by atoms with Crippen LogP contribution in [0.3, 0.4) is 0 Å². The molecule has 5 heteroatoms. The maximum Gasteiger partial charge on any atom is 0.183 e. The monoisotopic (exact) mass is 249 g/mol. The highest BCUT2D eigenvalue weighted by Gasteiger charge is 2.16. The van der Waals surface area contributed by atoms with E-state index in [1.54, 1.807) is 26.5 Å². The predicted molar refractivity (Wildman–Crippen MR) is 68.5 cm³/mol. The molecule has 0 unspecified atom stereocenters. The van der Waals surface area contributed by atoms with Crippen LogP contribution in [0.5, 0.6) is 11.5 Å². The van der Waals surface area contributed by atoms with E-state index in [0.29, 0.717) is 24.6 Å². The molecular formula is C13H19N3O2. The van der Waals surface area contributed by atoms with Gasteiger partial charge in [0.05, 0.1) is 26.8 Å². The van der Waals surface area contributed by atoms with Crippen LogP contribution < -0.4 is 9.47 Å². The van der Waals surface area contributed by atoms with Crippen LogP contribution in [0.4, 0.5) is 0 Å². The van der Waals surface area contributed by atoms with Crippen molar-refractivity contribution in [2.75, 3.05) is 20.8 Å². The number of nitriles is 1. The molecule has 0 spiro atoms. The fourth-order valence-corrected chi connectivity index (χ4v) is 1.67. The quantitative estimate of drug-likeness (QED) is 0.720. The van der Waals surface area contributed by atoms with Crippen molar-refractivity contribution in [2.24, 2.45) is 0 Å². The molecule has 98 valence electrons. The van der Waals surface area contributed by atoms with E-state index in [4.69, 9.17) is 14.7 Å². The number of methoxy groups -OCH3 is 2. The molecule has 5 nitrogen and oxygen atoms in total. The molecule has 0 aromatic carbocycles. The Bertz CT molecular complexity index is 427. The topological polar surface area (TPSA) is 58.4 Å². The van der Waals surface area contributed by atoms with Crippen molar-refractivity contribution in [3.63, 3.8) is 0 Å². The first kappa shape index (κ1) is 14.3. The van der Waals surface area contributed by atoms with Crippen LogP contribution in [0.15, 0.2) is 12.3 Å². The molecule has 0 saturated heterocycles. The van der Waals surface area contributed by atoms with E-state index in [1.807, 2.05) is 18.7 Å². The minimum absolute atomic E-state index is 0.266. The average Bonchev–Trinajstić information content (AvgIpc) is 2.37. The maximum atomic E-state index is 8.82. The summed E-state index contributed by atoms with van der Waals surface area (Å²) in [5, 5.41) is 8.82. The van der Waals surface area contributed by atoms with Gasteiger partial charge in [0.1, 0.15) is 5.69 Å². The number of aromatic nitrogens is 1. The van der Waals surface area contributed by atoms with Crippen LogP contribution in [-0.2, 0) is 6.54 Å². The molecule has 0 aliphatic rings. The normalized spacial score (nSPS) is 10.5. The molecular weight excluding hydrogens is 230 g/mol. The van der Waals surface area contributed by atoms with Crippen LogP contribution in [0.2, 0.25) is 0 Å². The first-order chi connectivity index (χ1) is 8.63. The van der Waals surface area contributed by atoms with Gasteiger partial charge in [0.2, 0.25) is 0 Å². The van der Waals surface area contributed by atoms with Crippen molar-refractivity contribution in [3.05, 3.63) is 18.0 Å². The summed E-state index contributed by atoms with van der Waals surface area (Å²) in [5.41, 5.74) is 0.779. The summed E-state index contributed by atoms with van der Waals surface area (Å²) >= 11 is 0. The Hall–Kier alpha value is -1.80. The molecule has 0 aliphatic heterocycles. The fraction of sp³-hybridized carbons (Fsp3) is 0.538. The molecule has 0 saturated carbocycles. The van der Waals surface area contributed by atoms with Gasteiger partial charge in [0.25, 0.3) is 0 Å². The minimum atomic E-state index is 0.266. The number of ether oxygens (including phenoxy) is 2. The van der Waals surface area contributed by atoms with Crippen LogP contribution in [0.25, 0.3) is 0 Å². The van der Waals surface area contributed by atoms with Gasteiger partial charge in [-0.15, -0.1) is 0 Å². The van der Waals surface area contributed by atoms with Crippen molar-refractivity contribution in [1.82, 2.24) is 9.88 Å². The molecule has 0 aliphatic carbocycles. The molecule has 1 rings (SSSR count). The molecule has 0 bridgehead atoms. The third-order valence-corrected chi connectivity index (χ3v) is 2.72. The number of nitrogens with zero attached hydrogens (tertiary/aromatic N) is 3. The van der Waals surface area contributed by atoms with Gasteiger partial charge in [0.15, 0.2) is 11.5 Å². The van der Waals surface area contributed by atoms with Gasteiger partial charge in [-0.3, -0.25) is 9.88 Å². The Balaban J connectivity index is 2.99. The number of hydrogen-bond acceptors (Lipinski definition) is 5. The second-order valence-electron chi connectivity index (χ2n) is 4.15. The van der Waals surface area contributed by atoms with Crippen LogP contribution in [0, 0.1) is 11.3 Å². The van der Waals surface area contributed by atoms with Crippen molar-refractivity contribution >= 4 is 0 Å². The molecule has 18 heavy (non-hydrogen) atoms. The summed E-state index contributed by atoms with van der Waals surface area (Å²) in [7, 11) is 3.18. The third kappa shape index (κ3) is 3.34. The zero-order valence-corrected chi connectivity index (χ0v) is 11.3. The zero-order valence-electron chi connectivity index (χ0n) is 11.3. The van der Waals surface area contributed by atoms with Gasteiger partial charge in [0, 0.05) is 24.8 Å². The summed E-state index contributed by atoms with van der Waals surface area (Å²) in [4.78, 5) is 6.32. The molecule has 1 aromatic heterocycles. The summed E-state index contributed by atoms with van der Waals surface area (Å²) in [6.45, 7) is 5.01. The van der Waals surface area contributed by atoms with Gasteiger partial charge in [-0.1, -0.05) is 0 Å². The summed E-state index contributed by atoms with van der Waals surface area (Å²) in [6, 6.07) is 4.18. The van der Waals surface area contributed by atoms with E-state index in [1.165, 1.54) is 0 Å². The number of rotatable bonds is 6. The third-order valence-electron chi connectivity index (χ3n) is 2.72. The van der Waals surface area contributed by atoms with Crippen molar-refractivity contribution in [3.8, 4) is 17.6 Å². The molecule has 0 amide bonds. The van der Waals surface area contributed by atoms with Gasteiger partial charge >= 0.3 is 0 Å². The summed E-state index contributed by atoms with van der Waals surface area (Å²) < 4.78 is 10.6. The van der Waals surface area contributed by atoms with Crippen LogP contribution in [-0.4, -0.2) is 36.7 Å². The molecule has 0 radical (unpaired) electrons. The van der Waals surface area contributed by atoms with E-state index in [9.17, 15) is 0 Å². The standard InChI is InChI=1S/C13H19N3O2/c1-10(2)16(8-6-14)9-11-13(18-4)12(17-3)5-7-15-11/h5,7,10H,8-9H2,1-4H3. The molecule has 0 N–H and O–H groups in total. The molecule has 0 fully saturated rings. The SMILES string of the molecule is COc1ccnc(CN(CC#N)C(C)C)c1OC. The molecule has 0 atom stereocenters. The van der Waals surface area contributed by atoms with Crippen molar-refractivity contribution in [1.29, 1.82) is 5.26 Å². The summed E-state index contributed by atoms with van der Waals surface area (Å²) in [6.07, 6.45) is 1.68. The summed E-state index contributed by atoms with van der Waals surface area (Å²) in [5.74, 6) is 1.28. The highest BCUT2D eigenvalue weighted by molar-refractivity contribution is 5.42. The van der Waals surface area contributed by atoms with E-state index in [0.717, 1.165) is 5.69 Å². The average molecular weight is 249 g/mol. The Kier molecular flexibility index (Phi) is 5.40. The van der Waals surface area contributed by atoms with Gasteiger partial charge in [-0.25, -0.2) is 0 Å². The van der Waals surface area contributed by atoms with Crippen molar-refractivity contribution in [2.45, 2.75) is 26.4 Å². The van der Waals surface area contributed by atoms with E-state index in [2.05, 4.69) is 11.1 Å². The molecule has 1 aromatic rings. The number of hydrogen-bond donors (Lipinski definition) is 0. The first-order valence-electron chi connectivity index (χ1n) is 5.80. The Labute approximate surface area is 108 Å². The van der Waals surface area contributed by atoms with Crippen LogP contribution >= 0.6 is 0 Å².